The van der Waals surface area contributed by atoms with Crippen LogP contribution in [-0.4, -0.2) is 12.1 Å². The van der Waals surface area contributed by atoms with Gasteiger partial charge in [-0.1, -0.05) is 20.3 Å². The summed E-state index contributed by atoms with van der Waals surface area (Å²) in [4.78, 5) is 10.9. The number of rotatable bonds is 3. The zero-order valence-electron chi connectivity index (χ0n) is 9.58. The molecule has 0 spiro atoms. The van der Waals surface area contributed by atoms with Gasteiger partial charge >= 0.3 is 5.97 Å². The van der Waals surface area contributed by atoms with Crippen molar-refractivity contribution in [3.05, 3.63) is 0 Å². The van der Waals surface area contributed by atoms with Gasteiger partial charge in [0.2, 0.25) is 0 Å². The second kappa shape index (κ2) is 5.38. The molecule has 0 saturated heterocycles. The molecule has 1 aliphatic carbocycles. The van der Waals surface area contributed by atoms with Crippen LogP contribution >= 0.6 is 0 Å². The van der Waals surface area contributed by atoms with Crippen molar-refractivity contribution < 1.29 is 9.53 Å². The largest absolute Gasteiger partial charge is 0.462 e. The van der Waals surface area contributed by atoms with Crippen molar-refractivity contribution in [2.75, 3.05) is 0 Å². The smallest absolute Gasteiger partial charge is 0.302 e. The highest BCUT2D eigenvalue weighted by atomic mass is 16.5. The van der Waals surface area contributed by atoms with Gasteiger partial charge in [-0.05, 0) is 37.5 Å². The number of ether oxygens (including phenoxy) is 1. The van der Waals surface area contributed by atoms with Gasteiger partial charge in [0.25, 0.3) is 0 Å². The van der Waals surface area contributed by atoms with Gasteiger partial charge in [-0.2, -0.15) is 0 Å². The molecule has 0 heterocycles. The van der Waals surface area contributed by atoms with Crippen LogP contribution in [0, 0.1) is 11.8 Å². The van der Waals surface area contributed by atoms with Gasteiger partial charge in [0, 0.05) is 6.92 Å². The van der Waals surface area contributed by atoms with Crippen LogP contribution in [-0.2, 0) is 9.53 Å². The first-order chi connectivity index (χ1) is 6.59. The van der Waals surface area contributed by atoms with Gasteiger partial charge < -0.3 is 4.74 Å². The van der Waals surface area contributed by atoms with Crippen molar-refractivity contribution in [2.24, 2.45) is 11.8 Å². The quantitative estimate of drug-likeness (QED) is 0.651. The molecule has 2 atom stereocenters. The number of esters is 1. The molecule has 0 amide bonds. The first-order valence-corrected chi connectivity index (χ1v) is 5.76. The lowest BCUT2D eigenvalue weighted by atomic mass is 9.81. The monoisotopic (exact) mass is 198 g/mol. The average molecular weight is 198 g/mol. The van der Waals surface area contributed by atoms with Gasteiger partial charge in [0.1, 0.15) is 6.10 Å². The van der Waals surface area contributed by atoms with E-state index in [0.29, 0.717) is 11.8 Å². The standard InChI is InChI=1S/C12H22O2/c1-9(2)8-11-6-4-5-7-12(11)14-10(3)13/h9,11-12H,4-8H2,1-3H3/t11-,12-/m0/s1. The second-order valence-electron chi connectivity index (χ2n) is 4.82. The minimum Gasteiger partial charge on any atom is -0.462 e. The Bertz CT molecular complexity index is 187. The lowest BCUT2D eigenvalue weighted by Gasteiger charge is -2.31. The molecule has 0 bridgehead atoms. The molecule has 0 N–H and O–H groups in total. The summed E-state index contributed by atoms with van der Waals surface area (Å²) in [5.41, 5.74) is 0. The summed E-state index contributed by atoms with van der Waals surface area (Å²) in [5.74, 6) is 1.19. The third-order valence-electron chi connectivity index (χ3n) is 2.93. The van der Waals surface area contributed by atoms with Gasteiger partial charge in [0.05, 0.1) is 0 Å². The third-order valence-corrected chi connectivity index (χ3v) is 2.93. The highest BCUT2D eigenvalue weighted by Crippen LogP contribution is 2.31. The summed E-state index contributed by atoms with van der Waals surface area (Å²) in [6, 6.07) is 0. The zero-order chi connectivity index (χ0) is 10.6. The average Bonchev–Trinajstić information content (AvgIpc) is 2.06. The van der Waals surface area contributed by atoms with Gasteiger partial charge in [-0.25, -0.2) is 0 Å². The fourth-order valence-corrected chi connectivity index (χ4v) is 2.42. The van der Waals surface area contributed by atoms with Crippen LogP contribution < -0.4 is 0 Å². The Balaban J connectivity index is 2.45. The lowest BCUT2D eigenvalue weighted by molar-refractivity contribution is -0.151. The fourth-order valence-electron chi connectivity index (χ4n) is 2.42. The fraction of sp³-hybridized carbons (Fsp3) is 0.917. The van der Waals surface area contributed by atoms with Crippen LogP contribution in [0.15, 0.2) is 0 Å². The van der Waals surface area contributed by atoms with E-state index in [-0.39, 0.29) is 12.1 Å². The van der Waals surface area contributed by atoms with Crippen molar-refractivity contribution in [1.82, 2.24) is 0 Å². The molecule has 0 aliphatic heterocycles. The molecular formula is C12H22O2. The molecule has 0 radical (unpaired) electrons. The second-order valence-corrected chi connectivity index (χ2v) is 4.82. The van der Waals surface area contributed by atoms with Crippen LogP contribution in [0.25, 0.3) is 0 Å². The maximum atomic E-state index is 10.9. The zero-order valence-corrected chi connectivity index (χ0v) is 9.58. The van der Waals surface area contributed by atoms with E-state index in [1.165, 1.54) is 32.6 Å². The maximum absolute atomic E-state index is 10.9. The van der Waals surface area contributed by atoms with E-state index in [1.807, 2.05) is 0 Å². The number of carbonyl (C=O) groups excluding carboxylic acids is 1. The Morgan fingerprint density at radius 2 is 2.00 bits per heavy atom. The SMILES string of the molecule is CC(=O)O[C@H]1CCCC[C@H]1CC(C)C. The number of carbonyl (C=O) groups is 1. The van der Waals surface area contributed by atoms with Crippen molar-refractivity contribution >= 4 is 5.97 Å². The summed E-state index contributed by atoms with van der Waals surface area (Å²) >= 11 is 0. The molecule has 1 rings (SSSR count). The van der Waals surface area contributed by atoms with Crippen molar-refractivity contribution in [3.8, 4) is 0 Å². The first kappa shape index (κ1) is 11.5. The van der Waals surface area contributed by atoms with E-state index >= 15 is 0 Å². The highest BCUT2D eigenvalue weighted by Gasteiger charge is 2.27. The van der Waals surface area contributed by atoms with E-state index in [9.17, 15) is 4.79 Å². The van der Waals surface area contributed by atoms with E-state index < -0.39 is 0 Å². The van der Waals surface area contributed by atoms with Crippen LogP contribution in [0.4, 0.5) is 0 Å². The van der Waals surface area contributed by atoms with Crippen molar-refractivity contribution in [2.45, 2.75) is 59.0 Å². The summed E-state index contributed by atoms with van der Waals surface area (Å²) in [5, 5.41) is 0. The Kier molecular flexibility index (Phi) is 4.43. The molecule has 14 heavy (non-hydrogen) atoms. The molecular weight excluding hydrogens is 176 g/mol. The summed E-state index contributed by atoms with van der Waals surface area (Å²) < 4.78 is 5.37. The Morgan fingerprint density at radius 1 is 1.36 bits per heavy atom. The van der Waals surface area contributed by atoms with E-state index in [4.69, 9.17) is 4.74 Å². The third kappa shape index (κ3) is 3.69. The molecule has 0 aromatic rings. The summed E-state index contributed by atoms with van der Waals surface area (Å²) in [6.45, 7) is 5.99. The predicted molar refractivity (Wildman–Crippen MR) is 57.0 cm³/mol. The molecule has 1 fully saturated rings. The van der Waals surface area contributed by atoms with Crippen molar-refractivity contribution in [3.63, 3.8) is 0 Å². The van der Waals surface area contributed by atoms with Crippen LogP contribution in [0.2, 0.25) is 0 Å². The van der Waals surface area contributed by atoms with E-state index in [2.05, 4.69) is 13.8 Å². The van der Waals surface area contributed by atoms with Crippen LogP contribution in [0.5, 0.6) is 0 Å². The molecule has 0 aromatic carbocycles. The topological polar surface area (TPSA) is 26.3 Å². The minimum atomic E-state index is -0.120. The minimum absolute atomic E-state index is 0.120. The van der Waals surface area contributed by atoms with Crippen LogP contribution in [0.1, 0.15) is 52.9 Å². The first-order valence-electron chi connectivity index (χ1n) is 5.76. The van der Waals surface area contributed by atoms with Gasteiger partial charge in [-0.3, -0.25) is 4.79 Å². The van der Waals surface area contributed by atoms with Crippen molar-refractivity contribution in [1.29, 1.82) is 0 Å². The Hall–Kier alpha value is -0.530. The van der Waals surface area contributed by atoms with Crippen LogP contribution in [0.3, 0.4) is 0 Å². The molecule has 1 saturated carbocycles. The molecule has 0 unspecified atom stereocenters. The maximum Gasteiger partial charge on any atom is 0.302 e. The summed E-state index contributed by atoms with van der Waals surface area (Å²) in [6.07, 6.45) is 6.20. The molecule has 1 aliphatic rings. The Morgan fingerprint density at radius 3 is 2.57 bits per heavy atom. The van der Waals surface area contributed by atoms with E-state index in [0.717, 1.165) is 6.42 Å². The molecule has 82 valence electrons. The number of hydrogen-bond acceptors (Lipinski definition) is 2. The number of hydrogen-bond donors (Lipinski definition) is 0. The Labute approximate surface area is 87.0 Å². The molecule has 2 nitrogen and oxygen atoms in total. The lowest BCUT2D eigenvalue weighted by Crippen LogP contribution is -2.30. The molecule has 0 aromatic heterocycles. The summed E-state index contributed by atoms with van der Waals surface area (Å²) in [7, 11) is 0. The normalized spacial score (nSPS) is 27.7. The van der Waals surface area contributed by atoms with E-state index in [1.54, 1.807) is 0 Å². The predicted octanol–water partition coefficient (Wildman–Crippen LogP) is 3.15. The van der Waals surface area contributed by atoms with Gasteiger partial charge in [-0.15, -0.1) is 0 Å². The molecule has 2 heteroatoms. The van der Waals surface area contributed by atoms with Gasteiger partial charge in [0.15, 0.2) is 0 Å². The highest BCUT2D eigenvalue weighted by molar-refractivity contribution is 5.66.